The monoisotopic (exact) mass is 250 g/mol. The van der Waals surface area contributed by atoms with E-state index >= 15 is 0 Å². The molecular formula is C11H23ClN2O2. The van der Waals surface area contributed by atoms with Crippen molar-refractivity contribution >= 4 is 18.5 Å². The highest BCUT2D eigenvalue weighted by molar-refractivity contribution is 5.85. The maximum atomic E-state index is 11.7. The third-order valence-electron chi connectivity index (χ3n) is 2.50. The van der Waals surface area contributed by atoms with Crippen molar-refractivity contribution in [3.63, 3.8) is 0 Å². The summed E-state index contributed by atoms with van der Waals surface area (Å²) in [4.78, 5) is 13.5. The quantitative estimate of drug-likeness (QED) is 0.775. The van der Waals surface area contributed by atoms with Crippen molar-refractivity contribution in [2.75, 3.05) is 19.6 Å². The van der Waals surface area contributed by atoms with Crippen LogP contribution in [0, 0.1) is 5.92 Å². The maximum Gasteiger partial charge on any atom is 0.410 e. The van der Waals surface area contributed by atoms with E-state index in [0.29, 0.717) is 12.5 Å². The third kappa shape index (κ3) is 5.03. The van der Waals surface area contributed by atoms with E-state index in [1.165, 1.54) is 0 Å². The number of likely N-dealkylation sites (tertiary alicyclic amines) is 1. The molecule has 0 saturated carbocycles. The minimum absolute atomic E-state index is 0. The summed E-state index contributed by atoms with van der Waals surface area (Å²) in [6.45, 7) is 7.84. The van der Waals surface area contributed by atoms with Crippen LogP contribution in [0.15, 0.2) is 0 Å². The van der Waals surface area contributed by atoms with Gasteiger partial charge >= 0.3 is 6.09 Å². The minimum atomic E-state index is -0.410. The Balaban J connectivity index is 0.00000225. The van der Waals surface area contributed by atoms with Gasteiger partial charge < -0.3 is 15.4 Å². The maximum absolute atomic E-state index is 11.7. The third-order valence-corrected chi connectivity index (χ3v) is 2.50. The van der Waals surface area contributed by atoms with Crippen LogP contribution in [0.3, 0.4) is 0 Å². The lowest BCUT2D eigenvalue weighted by molar-refractivity contribution is 0.0170. The van der Waals surface area contributed by atoms with Crippen molar-refractivity contribution in [1.82, 2.24) is 4.90 Å². The lowest BCUT2D eigenvalue weighted by Crippen LogP contribution is -2.44. The van der Waals surface area contributed by atoms with Crippen LogP contribution in [0.4, 0.5) is 4.79 Å². The Kier molecular flexibility index (Phi) is 6.11. The predicted octanol–water partition coefficient (Wildman–Crippen LogP) is 2.01. The molecule has 0 aromatic rings. The molecule has 1 aliphatic rings. The van der Waals surface area contributed by atoms with Crippen LogP contribution in [0.5, 0.6) is 0 Å². The summed E-state index contributed by atoms with van der Waals surface area (Å²) in [6.07, 6.45) is 1.94. The number of piperidine rings is 1. The predicted molar refractivity (Wildman–Crippen MR) is 66.8 cm³/mol. The molecule has 1 unspecified atom stereocenters. The van der Waals surface area contributed by atoms with Crippen LogP contribution in [0.25, 0.3) is 0 Å². The van der Waals surface area contributed by atoms with Gasteiger partial charge in [0.2, 0.25) is 0 Å². The van der Waals surface area contributed by atoms with Crippen molar-refractivity contribution in [3.05, 3.63) is 0 Å². The standard InChI is InChI=1S/C11H22N2O2.ClH/c1-11(2,3)15-10(14)13-6-4-5-9(7-12)8-13;/h9H,4-8,12H2,1-3H3;1H. The zero-order valence-electron chi connectivity index (χ0n) is 10.4. The Bertz CT molecular complexity index is 229. The molecule has 0 aromatic heterocycles. The molecule has 0 radical (unpaired) electrons. The fraction of sp³-hybridized carbons (Fsp3) is 0.909. The first kappa shape index (κ1) is 15.5. The first-order chi connectivity index (χ1) is 6.92. The molecular weight excluding hydrogens is 228 g/mol. The van der Waals surface area contributed by atoms with Gasteiger partial charge in [-0.05, 0) is 46.1 Å². The summed E-state index contributed by atoms with van der Waals surface area (Å²) in [7, 11) is 0. The summed E-state index contributed by atoms with van der Waals surface area (Å²) in [6, 6.07) is 0. The largest absolute Gasteiger partial charge is 0.444 e. The number of hydrogen-bond acceptors (Lipinski definition) is 3. The second-order valence-corrected chi connectivity index (χ2v) is 5.17. The topological polar surface area (TPSA) is 55.6 Å². The highest BCUT2D eigenvalue weighted by Crippen LogP contribution is 2.18. The van der Waals surface area contributed by atoms with Crippen LogP contribution in [0.1, 0.15) is 33.6 Å². The van der Waals surface area contributed by atoms with Gasteiger partial charge in [-0.15, -0.1) is 12.4 Å². The zero-order chi connectivity index (χ0) is 11.5. The smallest absolute Gasteiger partial charge is 0.410 e. The molecule has 1 saturated heterocycles. The number of nitrogens with two attached hydrogens (primary N) is 1. The molecule has 1 aliphatic heterocycles. The van der Waals surface area contributed by atoms with Gasteiger partial charge in [-0.25, -0.2) is 4.79 Å². The van der Waals surface area contributed by atoms with E-state index in [1.807, 2.05) is 20.8 Å². The second-order valence-electron chi connectivity index (χ2n) is 5.17. The number of amides is 1. The van der Waals surface area contributed by atoms with Gasteiger partial charge in [-0.2, -0.15) is 0 Å². The Morgan fingerprint density at radius 1 is 1.50 bits per heavy atom. The van der Waals surface area contributed by atoms with E-state index in [0.717, 1.165) is 25.9 Å². The first-order valence-electron chi connectivity index (χ1n) is 5.60. The molecule has 16 heavy (non-hydrogen) atoms. The van der Waals surface area contributed by atoms with Crippen LogP contribution < -0.4 is 5.73 Å². The van der Waals surface area contributed by atoms with Crippen molar-refractivity contribution < 1.29 is 9.53 Å². The lowest BCUT2D eigenvalue weighted by atomic mass is 9.99. The van der Waals surface area contributed by atoms with Gasteiger partial charge in [-0.3, -0.25) is 0 Å². The number of carbonyl (C=O) groups excluding carboxylic acids is 1. The molecule has 0 bridgehead atoms. The molecule has 0 aliphatic carbocycles. The van der Waals surface area contributed by atoms with E-state index in [-0.39, 0.29) is 18.5 Å². The van der Waals surface area contributed by atoms with Crippen molar-refractivity contribution in [1.29, 1.82) is 0 Å². The number of ether oxygens (including phenoxy) is 1. The average Bonchev–Trinajstić information content (AvgIpc) is 2.15. The van der Waals surface area contributed by atoms with E-state index in [1.54, 1.807) is 4.90 Å². The lowest BCUT2D eigenvalue weighted by Gasteiger charge is -2.33. The van der Waals surface area contributed by atoms with Gasteiger partial charge in [-0.1, -0.05) is 0 Å². The van der Waals surface area contributed by atoms with Crippen LogP contribution >= 0.6 is 12.4 Å². The highest BCUT2D eigenvalue weighted by Gasteiger charge is 2.26. The Labute approximate surface area is 104 Å². The molecule has 1 fully saturated rings. The minimum Gasteiger partial charge on any atom is -0.444 e. The number of hydrogen-bond donors (Lipinski definition) is 1. The molecule has 1 heterocycles. The fourth-order valence-electron chi connectivity index (χ4n) is 1.75. The molecule has 1 atom stereocenters. The fourth-order valence-corrected chi connectivity index (χ4v) is 1.75. The molecule has 5 heteroatoms. The second kappa shape index (κ2) is 6.30. The molecule has 0 aromatic carbocycles. The molecule has 4 nitrogen and oxygen atoms in total. The Hall–Kier alpha value is -0.480. The van der Waals surface area contributed by atoms with Gasteiger partial charge in [0.05, 0.1) is 0 Å². The summed E-state index contributed by atoms with van der Waals surface area (Å²) in [5.41, 5.74) is 5.20. The van der Waals surface area contributed by atoms with Gasteiger partial charge in [0, 0.05) is 13.1 Å². The number of carbonyl (C=O) groups is 1. The molecule has 2 N–H and O–H groups in total. The summed E-state index contributed by atoms with van der Waals surface area (Å²) < 4.78 is 5.32. The van der Waals surface area contributed by atoms with Crippen LogP contribution in [-0.4, -0.2) is 36.2 Å². The van der Waals surface area contributed by atoms with Crippen molar-refractivity contribution in [2.24, 2.45) is 11.7 Å². The van der Waals surface area contributed by atoms with E-state index in [4.69, 9.17) is 10.5 Å². The van der Waals surface area contributed by atoms with E-state index in [9.17, 15) is 4.79 Å². The number of halogens is 1. The Morgan fingerprint density at radius 3 is 2.62 bits per heavy atom. The number of nitrogens with zero attached hydrogens (tertiary/aromatic N) is 1. The molecule has 0 spiro atoms. The van der Waals surface area contributed by atoms with E-state index < -0.39 is 5.60 Å². The average molecular weight is 251 g/mol. The van der Waals surface area contributed by atoms with E-state index in [2.05, 4.69) is 0 Å². The first-order valence-corrected chi connectivity index (χ1v) is 5.60. The zero-order valence-corrected chi connectivity index (χ0v) is 11.2. The van der Waals surface area contributed by atoms with Gasteiger partial charge in [0.1, 0.15) is 5.60 Å². The summed E-state index contributed by atoms with van der Waals surface area (Å²) in [5, 5.41) is 0. The molecule has 1 amide bonds. The van der Waals surface area contributed by atoms with Gasteiger partial charge in [0.15, 0.2) is 0 Å². The van der Waals surface area contributed by atoms with Crippen LogP contribution in [-0.2, 0) is 4.74 Å². The Morgan fingerprint density at radius 2 is 2.12 bits per heavy atom. The number of rotatable bonds is 1. The molecule has 1 rings (SSSR count). The normalized spacial score (nSPS) is 21.2. The SMILES string of the molecule is CC(C)(C)OC(=O)N1CCCC(CN)C1.Cl. The molecule has 96 valence electrons. The van der Waals surface area contributed by atoms with Crippen LogP contribution in [0.2, 0.25) is 0 Å². The van der Waals surface area contributed by atoms with Crippen molar-refractivity contribution in [3.8, 4) is 0 Å². The van der Waals surface area contributed by atoms with Crippen molar-refractivity contribution in [2.45, 2.75) is 39.2 Å². The van der Waals surface area contributed by atoms with Gasteiger partial charge in [0.25, 0.3) is 0 Å². The summed E-state index contributed by atoms with van der Waals surface area (Å²) >= 11 is 0. The summed E-state index contributed by atoms with van der Waals surface area (Å²) in [5.74, 6) is 0.436. The highest BCUT2D eigenvalue weighted by atomic mass is 35.5.